The van der Waals surface area contributed by atoms with E-state index < -0.39 is 0 Å². The van der Waals surface area contributed by atoms with E-state index in [1.807, 2.05) is 6.07 Å². The van der Waals surface area contributed by atoms with Crippen molar-refractivity contribution in [3.8, 4) is 0 Å². The van der Waals surface area contributed by atoms with Crippen molar-refractivity contribution in [2.75, 3.05) is 17.2 Å². The Morgan fingerprint density at radius 2 is 2.00 bits per heavy atom. The van der Waals surface area contributed by atoms with E-state index in [1.165, 1.54) is 18.5 Å². The maximum absolute atomic E-state index is 13.0. The number of rotatable bonds is 5. The number of hydrogen-bond acceptors (Lipinski definition) is 4. The maximum Gasteiger partial charge on any atom is 0.135 e. The van der Waals surface area contributed by atoms with Gasteiger partial charge in [0.15, 0.2) is 0 Å². The lowest BCUT2D eigenvalue weighted by Gasteiger charge is -2.09. The zero-order valence-corrected chi connectivity index (χ0v) is 12.6. The van der Waals surface area contributed by atoms with Crippen LogP contribution >= 0.6 is 22.6 Å². The molecule has 0 saturated carbocycles. The van der Waals surface area contributed by atoms with Crippen molar-refractivity contribution in [1.82, 2.24) is 9.97 Å². The van der Waals surface area contributed by atoms with E-state index in [9.17, 15) is 4.39 Å². The summed E-state index contributed by atoms with van der Waals surface area (Å²) in [6.07, 6.45) is 2.53. The first-order chi connectivity index (χ1) is 9.19. The Kier molecular flexibility index (Phi) is 4.89. The largest absolute Gasteiger partial charge is 0.370 e. The minimum Gasteiger partial charge on any atom is -0.370 e. The van der Waals surface area contributed by atoms with Crippen LogP contribution in [0.1, 0.15) is 13.3 Å². The normalized spacial score (nSPS) is 10.3. The fourth-order valence-electron chi connectivity index (χ4n) is 1.50. The highest BCUT2D eigenvalue weighted by molar-refractivity contribution is 14.1. The summed E-state index contributed by atoms with van der Waals surface area (Å²) in [7, 11) is 0. The third-order valence-electron chi connectivity index (χ3n) is 2.42. The van der Waals surface area contributed by atoms with E-state index in [4.69, 9.17) is 0 Å². The second-order valence-electron chi connectivity index (χ2n) is 3.96. The number of halogens is 2. The topological polar surface area (TPSA) is 49.8 Å². The van der Waals surface area contributed by atoms with E-state index >= 15 is 0 Å². The van der Waals surface area contributed by atoms with Gasteiger partial charge in [0.05, 0.1) is 5.69 Å². The summed E-state index contributed by atoms with van der Waals surface area (Å²) in [5.74, 6) is 1.21. The molecule has 0 aliphatic rings. The molecule has 0 aliphatic carbocycles. The van der Waals surface area contributed by atoms with Crippen LogP contribution in [0.25, 0.3) is 0 Å². The number of anilines is 3. The second-order valence-corrected chi connectivity index (χ2v) is 5.13. The van der Waals surface area contributed by atoms with Crippen LogP contribution < -0.4 is 10.6 Å². The lowest BCUT2D eigenvalue weighted by Crippen LogP contribution is -2.03. The number of nitrogens with zero attached hydrogens (tertiary/aromatic N) is 2. The standard InChI is InChI=1S/C13H14FIN4/c1-2-5-16-12-7-13(18-8-17-12)19-11-4-3-9(14)6-10(11)15/h3-4,6-8H,2,5H2,1H3,(H2,16,17,18,19). The minimum absolute atomic E-state index is 0.247. The Hall–Kier alpha value is -1.44. The first kappa shape index (κ1) is 14.0. The molecule has 6 heteroatoms. The van der Waals surface area contributed by atoms with Gasteiger partial charge in [-0.05, 0) is 47.2 Å². The van der Waals surface area contributed by atoms with Crippen LogP contribution in [0.5, 0.6) is 0 Å². The van der Waals surface area contributed by atoms with Crippen LogP contribution in [0.2, 0.25) is 0 Å². The summed E-state index contributed by atoms with van der Waals surface area (Å²) >= 11 is 2.08. The Bertz CT molecular complexity index is 562. The first-order valence-electron chi connectivity index (χ1n) is 5.97. The second kappa shape index (κ2) is 6.65. The van der Waals surface area contributed by atoms with Gasteiger partial charge >= 0.3 is 0 Å². The third kappa shape index (κ3) is 4.02. The first-order valence-corrected chi connectivity index (χ1v) is 7.05. The fraction of sp³-hybridized carbons (Fsp3) is 0.231. The fourth-order valence-corrected chi connectivity index (χ4v) is 2.12. The molecule has 0 amide bonds. The predicted octanol–water partition coefficient (Wildman–Crippen LogP) is 3.79. The van der Waals surface area contributed by atoms with E-state index in [2.05, 4.69) is 50.1 Å². The highest BCUT2D eigenvalue weighted by Crippen LogP contribution is 2.23. The molecule has 1 aromatic carbocycles. The van der Waals surface area contributed by atoms with E-state index in [0.717, 1.165) is 28.0 Å². The van der Waals surface area contributed by atoms with Crippen molar-refractivity contribution >= 4 is 39.9 Å². The van der Waals surface area contributed by atoms with Gasteiger partial charge in [0.2, 0.25) is 0 Å². The van der Waals surface area contributed by atoms with Crippen LogP contribution in [-0.4, -0.2) is 16.5 Å². The van der Waals surface area contributed by atoms with Crippen molar-refractivity contribution in [3.63, 3.8) is 0 Å². The zero-order valence-electron chi connectivity index (χ0n) is 10.5. The molecule has 2 N–H and O–H groups in total. The summed E-state index contributed by atoms with van der Waals surface area (Å²) < 4.78 is 13.8. The van der Waals surface area contributed by atoms with Crippen LogP contribution in [0.4, 0.5) is 21.7 Å². The van der Waals surface area contributed by atoms with Crippen molar-refractivity contribution < 1.29 is 4.39 Å². The molecule has 100 valence electrons. The van der Waals surface area contributed by atoms with Gasteiger partial charge in [0, 0.05) is 16.2 Å². The summed E-state index contributed by atoms with van der Waals surface area (Å²) in [4.78, 5) is 8.28. The molecule has 4 nitrogen and oxygen atoms in total. The van der Waals surface area contributed by atoms with Crippen molar-refractivity contribution in [2.24, 2.45) is 0 Å². The minimum atomic E-state index is -0.247. The molecule has 1 aromatic heterocycles. The molecular weight excluding hydrogens is 358 g/mol. The average molecular weight is 372 g/mol. The molecule has 0 radical (unpaired) electrons. The highest BCUT2D eigenvalue weighted by atomic mass is 127. The molecule has 1 heterocycles. The Morgan fingerprint density at radius 3 is 2.74 bits per heavy atom. The highest BCUT2D eigenvalue weighted by Gasteiger charge is 2.03. The monoisotopic (exact) mass is 372 g/mol. The number of nitrogens with one attached hydrogen (secondary N) is 2. The van der Waals surface area contributed by atoms with Crippen LogP contribution in [0, 0.1) is 9.39 Å². The van der Waals surface area contributed by atoms with Gasteiger partial charge in [-0.25, -0.2) is 14.4 Å². The molecule has 2 aromatic rings. The van der Waals surface area contributed by atoms with Crippen molar-refractivity contribution in [1.29, 1.82) is 0 Å². The van der Waals surface area contributed by atoms with Gasteiger partial charge in [0.25, 0.3) is 0 Å². The Labute approximate surface area is 125 Å². The van der Waals surface area contributed by atoms with E-state index in [0.29, 0.717) is 5.82 Å². The summed E-state index contributed by atoms with van der Waals surface area (Å²) in [6.45, 7) is 2.96. The molecule has 2 rings (SSSR count). The van der Waals surface area contributed by atoms with Crippen molar-refractivity contribution in [3.05, 3.63) is 40.0 Å². The van der Waals surface area contributed by atoms with Gasteiger partial charge in [0.1, 0.15) is 23.8 Å². The maximum atomic E-state index is 13.0. The average Bonchev–Trinajstić information content (AvgIpc) is 2.40. The SMILES string of the molecule is CCCNc1cc(Nc2ccc(F)cc2I)ncn1. The Morgan fingerprint density at radius 1 is 1.21 bits per heavy atom. The lowest BCUT2D eigenvalue weighted by atomic mass is 10.3. The molecule has 0 aliphatic heterocycles. The van der Waals surface area contributed by atoms with Gasteiger partial charge in [-0.2, -0.15) is 0 Å². The smallest absolute Gasteiger partial charge is 0.135 e. The molecule has 0 bridgehead atoms. The quantitative estimate of drug-likeness (QED) is 0.785. The molecular formula is C13H14FIN4. The van der Waals surface area contributed by atoms with Gasteiger partial charge in [-0.1, -0.05) is 6.92 Å². The summed E-state index contributed by atoms with van der Waals surface area (Å²) in [6, 6.07) is 6.41. The molecule has 0 spiro atoms. The molecule has 0 saturated heterocycles. The van der Waals surface area contributed by atoms with Crippen LogP contribution in [-0.2, 0) is 0 Å². The molecule has 0 unspecified atom stereocenters. The third-order valence-corrected chi connectivity index (χ3v) is 3.31. The lowest BCUT2D eigenvalue weighted by molar-refractivity contribution is 0.627. The van der Waals surface area contributed by atoms with E-state index in [1.54, 1.807) is 6.07 Å². The summed E-state index contributed by atoms with van der Waals surface area (Å²) in [5.41, 5.74) is 0.821. The van der Waals surface area contributed by atoms with E-state index in [-0.39, 0.29) is 5.82 Å². The Balaban J connectivity index is 2.14. The zero-order chi connectivity index (χ0) is 13.7. The predicted molar refractivity (Wildman–Crippen MR) is 83.2 cm³/mol. The molecule has 0 atom stereocenters. The molecule has 19 heavy (non-hydrogen) atoms. The van der Waals surface area contributed by atoms with Crippen LogP contribution in [0.15, 0.2) is 30.6 Å². The van der Waals surface area contributed by atoms with Gasteiger partial charge in [-0.15, -0.1) is 0 Å². The van der Waals surface area contributed by atoms with Crippen molar-refractivity contribution in [2.45, 2.75) is 13.3 Å². The number of hydrogen-bond donors (Lipinski definition) is 2. The van der Waals surface area contributed by atoms with Gasteiger partial charge in [-0.3, -0.25) is 0 Å². The molecule has 0 fully saturated rings. The van der Waals surface area contributed by atoms with Crippen LogP contribution in [0.3, 0.4) is 0 Å². The number of aromatic nitrogens is 2. The summed E-state index contributed by atoms with van der Waals surface area (Å²) in [5, 5.41) is 6.34. The van der Waals surface area contributed by atoms with Gasteiger partial charge < -0.3 is 10.6 Å². The number of benzene rings is 1.